The van der Waals surface area contributed by atoms with Crippen LogP contribution in [0.15, 0.2) is 54.6 Å². The van der Waals surface area contributed by atoms with Gasteiger partial charge in [-0.1, -0.05) is 42.2 Å². The van der Waals surface area contributed by atoms with E-state index in [1.165, 1.54) is 0 Å². The van der Waals surface area contributed by atoms with E-state index in [0.717, 1.165) is 16.8 Å². The first-order chi connectivity index (χ1) is 9.49. The average Bonchev–Trinajstić information content (AvgIpc) is 2.46. The maximum Gasteiger partial charge on any atom is 0.148 e. The van der Waals surface area contributed by atoms with Crippen molar-refractivity contribution in [2.45, 2.75) is 12.5 Å². The van der Waals surface area contributed by atoms with Crippen LogP contribution in [0, 0.1) is 11.8 Å². The van der Waals surface area contributed by atoms with Crippen LogP contribution < -0.4 is 4.90 Å². The van der Waals surface area contributed by atoms with E-state index in [9.17, 15) is 5.11 Å². The van der Waals surface area contributed by atoms with Crippen LogP contribution in [0.25, 0.3) is 0 Å². The molecule has 2 aromatic rings. The third kappa shape index (κ3) is 3.40. The molecule has 0 spiro atoms. The Morgan fingerprint density at radius 3 is 2.10 bits per heavy atom. The molecule has 0 saturated carbocycles. The van der Waals surface area contributed by atoms with Gasteiger partial charge in [0, 0.05) is 25.3 Å². The van der Waals surface area contributed by atoms with Crippen molar-refractivity contribution in [3.63, 3.8) is 0 Å². The molecule has 0 aromatic heterocycles. The summed E-state index contributed by atoms with van der Waals surface area (Å²) in [6, 6.07) is 17.4. The van der Waals surface area contributed by atoms with Gasteiger partial charge < -0.3 is 10.0 Å². The van der Waals surface area contributed by atoms with Crippen molar-refractivity contribution < 1.29 is 5.11 Å². The standard InChI is InChI=1S/C18H19NO/c1-18(20,16-7-5-4-6-8-16)14-13-15-9-11-17(12-10-15)19(2)3/h4-12,20H,1-3H3. The fraction of sp³-hybridized carbons (Fsp3) is 0.222. The molecule has 0 aliphatic heterocycles. The quantitative estimate of drug-likeness (QED) is 0.844. The molecule has 2 rings (SSSR count). The molecule has 2 heteroatoms. The van der Waals surface area contributed by atoms with E-state index in [2.05, 4.69) is 11.8 Å². The second kappa shape index (κ2) is 5.81. The van der Waals surface area contributed by atoms with E-state index in [1.54, 1.807) is 6.92 Å². The van der Waals surface area contributed by atoms with Crippen molar-refractivity contribution in [1.82, 2.24) is 0 Å². The number of benzene rings is 2. The first-order valence-electron chi connectivity index (χ1n) is 6.57. The van der Waals surface area contributed by atoms with Crippen LogP contribution in [0.5, 0.6) is 0 Å². The lowest BCUT2D eigenvalue weighted by molar-refractivity contribution is 0.122. The summed E-state index contributed by atoms with van der Waals surface area (Å²) in [6.45, 7) is 1.71. The number of aliphatic hydroxyl groups is 1. The van der Waals surface area contributed by atoms with E-state index in [4.69, 9.17) is 0 Å². The van der Waals surface area contributed by atoms with Crippen LogP contribution in [0.1, 0.15) is 18.1 Å². The largest absolute Gasteiger partial charge is 0.378 e. The third-order valence-corrected chi connectivity index (χ3v) is 3.17. The summed E-state index contributed by atoms with van der Waals surface area (Å²) >= 11 is 0. The molecule has 2 aromatic carbocycles. The summed E-state index contributed by atoms with van der Waals surface area (Å²) in [4.78, 5) is 2.04. The molecule has 0 saturated heterocycles. The molecule has 2 nitrogen and oxygen atoms in total. The van der Waals surface area contributed by atoms with Gasteiger partial charge in [-0.05, 0) is 36.8 Å². The monoisotopic (exact) mass is 265 g/mol. The van der Waals surface area contributed by atoms with Gasteiger partial charge in [-0.2, -0.15) is 0 Å². The highest BCUT2D eigenvalue weighted by atomic mass is 16.3. The summed E-state index contributed by atoms with van der Waals surface area (Å²) in [6.07, 6.45) is 0. The molecule has 1 atom stereocenters. The second-order valence-electron chi connectivity index (χ2n) is 5.13. The maximum absolute atomic E-state index is 10.4. The van der Waals surface area contributed by atoms with Gasteiger partial charge in [0.2, 0.25) is 0 Å². The molecular weight excluding hydrogens is 246 g/mol. The van der Waals surface area contributed by atoms with Crippen LogP contribution in [0.4, 0.5) is 5.69 Å². The van der Waals surface area contributed by atoms with Gasteiger partial charge in [-0.3, -0.25) is 0 Å². The number of hydrogen-bond acceptors (Lipinski definition) is 2. The smallest absolute Gasteiger partial charge is 0.148 e. The van der Waals surface area contributed by atoms with E-state index >= 15 is 0 Å². The van der Waals surface area contributed by atoms with Gasteiger partial charge >= 0.3 is 0 Å². The summed E-state index contributed by atoms with van der Waals surface area (Å²) < 4.78 is 0. The molecule has 102 valence electrons. The molecule has 0 bridgehead atoms. The van der Waals surface area contributed by atoms with Gasteiger partial charge in [0.05, 0.1) is 0 Å². The highest BCUT2D eigenvalue weighted by molar-refractivity contribution is 5.50. The number of hydrogen-bond donors (Lipinski definition) is 1. The Labute approximate surface area is 120 Å². The first kappa shape index (κ1) is 14.2. The number of nitrogens with zero attached hydrogens (tertiary/aromatic N) is 1. The SMILES string of the molecule is CN(C)c1ccc(C#CC(C)(O)c2ccccc2)cc1. The van der Waals surface area contributed by atoms with Crippen LogP contribution in [0.3, 0.4) is 0 Å². The molecule has 0 radical (unpaired) electrons. The highest BCUT2D eigenvalue weighted by Gasteiger charge is 2.18. The zero-order valence-corrected chi connectivity index (χ0v) is 12.1. The summed E-state index contributed by atoms with van der Waals surface area (Å²) in [7, 11) is 4.00. The Morgan fingerprint density at radius 2 is 1.55 bits per heavy atom. The number of anilines is 1. The Morgan fingerprint density at radius 1 is 0.950 bits per heavy atom. The second-order valence-corrected chi connectivity index (χ2v) is 5.13. The van der Waals surface area contributed by atoms with Gasteiger partial charge in [0.15, 0.2) is 0 Å². The van der Waals surface area contributed by atoms with Crippen LogP contribution in [-0.4, -0.2) is 19.2 Å². The third-order valence-electron chi connectivity index (χ3n) is 3.17. The zero-order chi connectivity index (χ0) is 14.6. The Hall–Kier alpha value is -2.24. The molecule has 0 heterocycles. The van der Waals surface area contributed by atoms with Crippen molar-refractivity contribution in [1.29, 1.82) is 0 Å². The van der Waals surface area contributed by atoms with Crippen molar-refractivity contribution in [2.75, 3.05) is 19.0 Å². The Balaban J connectivity index is 2.22. The number of rotatable bonds is 2. The lowest BCUT2D eigenvalue weighted by Crippen LogP contribution is -2.18. The van der Waals surface area contributed by atoms with Gasteiger partial charge in [0.25, 0.3) is 0 Å². The van der Waals surface area contributed by atoms with E-state index < -0.39 is 5.60 Å². The predicted octanol–water partition coefficient (Wildman–Crippen LogP) is 3.01. The lowest BCUT2D eigenvalue weighted by atomic mass is 9.96. The van der Waals surface area contributed by atoms with Gasteiger partial charge in [0.1, 0.15) is 5.60 Å². The van der Waals surface area contributed by atoms with Crippen molar-refractivity contribution >= 4 is 5.69 Å². The minimum atomic E-state index is -1.14. The van der Waals surface area contributed by atoms with E-state index in [1.807, 2.05) is 73.6 Å². The highest BCUT2D eigenvalue weighted by Crippen LogP contribution is 2.19. The molecule has 0 fully saturated rings. The summed E-state index contributed by atoms with van der Waals surface area (Å²) in [5.41, 5.74) is 1.69. The summed E-state index contributed by atoms with van der Waals surface area (Å²) in [5, 5.41) is 10.4. The molecule has 20 heavy (non-hydrogen) atoms. The lowest BCUT2D eigenvalue weighted by Gasteiger charge is -2.16. The van der Waals surface area contributed by atoms with Gasteiger partial charge in [-0.25, -0.2) is 0 Å². The van der Waals surface area contributed by atoms with Crippen LogP contribution in [0.2, 0.25) is 0 Å². The topological polar surface area (TPSA) is 23.5 Å². The Bertz CT molecular complexity index is 616. The minimum absolute atomic E-state index is 0.803. The minimum Gasteiger partial charge on any atom is -0.378 e. The van der Waals surface area contributed by atoms with Gasteiger partial charge in [-0.15, -0.1) is 0 Å². The maximum atomic E-state index is 10.4. The fourth-order valence-electron chi connectivity index (χ4n) is 1.87. The Kier molecular flexibility index (Phi) is 4.12. The predicted molar refractivity (Wildman–Crippen MR) is 83.7 cm³/mol. The van der Waals surface area contributed by atoms with E-state index in [0.29, 0.717) is 0 Å². The molecule has 0 aliphatic rings. The van der Waals surface area contributed by atoms with Crippen molar-refractivity contribution in [3.05, 3.63) is 65.7 Å². The molecular formula is C18H19NO. The first-order valence-corrected chi connectivity index (χ1v) is 6.57. The normalized spacial score (nSPS) is 13.0. The average molecular weight is 265 g/mol. The molecule has 0 aliphatic carbocycles. The molecule has 1 N–H and O–H groups in total. The molecule has 1 unspecified atom stereocenters. The van der Waals surface area contributed by atoms with Crippen LogP contribution >= 0.6 is 0 Å². The van der Waals surface area contributed by atoms with Crippen molar-refractivity contribution in [2.24, 2.45) is 0 Å². The van der Waals surface area contributed by atoms with Crippen molar-refractivity contribution in [3.8, 4) is 11.8 Å². The fourth-order valence-corrected chi connectivity index (χ4v) is 1.87. The van der Waals surface area contributed by atoms with E-state index in [-0.39, 0.29) is 0 Å². The summed E-state index contributed by atoms with van der Waals surface area (Å²) in [5.74, 6) is 5.96. The molecule has 0 amide bonds. The van der Waals surface area contributed by atoms with Crippen LogP contribution in [-0.2, 0) is 5.60 Å². The zero-order valence-electron chi connectivity index (χ0n) is 12.1.